The van der Waals surface area contributed by atoms with Crippen LogP contribution >= 0.6 is 0 Å². The van der Waals surface area contributed by atoms with E-state index in [2.05, 4.69) is 4.72 Å². The highest BCUT2D eigenvalue weighted by Crippen LogP contribution is 2.13. The second kappa shape index (κ2) is 5.63. The van der Waals surface area contributed by atoms with Crippen molar-refractivity contribution in [1.82, 2.24) is 9.62 Å². The second-order valence-electron chi connectivity index (χ2n) is 4.09. The normalized spacial score (nSPS) is 14.2. The van der Waals surface area contributed by atoms with Crippen LogP contribution in [0, 0.1) is 0 Å². The number of sulfonamides is 1. The third-order valence-corrected chi connectivity index (χ3v) is 3.85. The highest BCUT2D eigenvalue weighted by molar-refractivity contribution is 7.89. The first kappa shape index (κ1) is 14.2. The maximum atomic E-state index is 11.8. The lowest BCUT2D eigenvalue weighted by atomic mass is 10.3. The Bertz CT molecular complexity index is 453. The molecule has 0 radical (unpaired) electrons. The van der Waals surface area contributed by atoms with Crippen LogP contribution in [0.25, 0.3) is 0 Å². The van der Waals surface area contributed by atoms with Crippen molar-refractivity contribution >= 4 is 10.0 Å². The smallest absolute Gasteiger partial charge is 0.274 e. The molecule has 0 aromatic carbocycles. The van der Waals surface area contributed by atoms with Crippen LogP contribution in [0.1, 0.15) is 12.7 Å². The van der Waals surface area contributed by atoms with Gasteiger partial charge in [0.05, 0.1) is 6.54 Å². The van der Waals surface area contributed by atoms with Gasteiger partial charge < -0.3 is 15.1 Å². The largest absolute Gasteiger partial charge is 0.447 e. The zero-order valence-corrected chi connectivity index (χ0v) is 11.1. The summed E-state index contributed by atoms with van der Waals surface area (Å²) in [6.07, 6.45) is 0. The summed E-state index contributed by atoms with van der Waals surface area (Å²) in [5, 5.41) is -0.0936. The van der Waals surface area contributed by atoms with E-state index in [9.17, 15) is 8.42 Å². The van der Waals surface area contributed by atoms with E-state index in [0.29, 0.717) is 12.3 Å². The molecule has 0 saturated carbocycles. The molecule has 6 nitrogen and oxygen atoms in total. The lowest BCUT2D eigenvalue weighted by molar-refractivity contribution is 0.312. The van der Waals surface area contributed by atoms with Gasteiger partial charge in [0.2, 0.25) is 5.09 Å². The van der Waals surface area contributed by atoms with E-state index in [0.717, 1.165) is 0 Å². The third kappa shape index (κ3) is 3.81. The molecule has 1 aromatic heterocycles. The minimum atomic E-state index is -3.58. The van der Waals surface area contributed by atoms with Crippen LogP contribution in [-0.2, 0) is 16.6 Å². The van der Waals surface area contributed by atoms with Crippen molar-refractivity contribution in [2.24, 2.45) is 5.73 Å². The Hall–Kier alpha value is -0.890. The number of nitrogens with two attached hydrogens (primary N) is 1. The Morgan fingerprint density at radius 1 is 1.47 bits per heavy atom. The van der Waals surface area contributed by atoms with E-state index in [1.807, 2.05) is 25.9 Å². The standard InChI is InChI=1S/C10H19N3O3S/c1-8(13(2)3)7-12-17(14,15)10-5-4-9(6-11)16-10/h4-5,8,12H,6-7,11H2,1-3H3. The molecule has 1 aromatic rings. The third-order valence-electron chi connectivity index (χ3n) is 2.55. The van der Waals surface area contributed by atoms with E-state index in [-0.39, 0.29) is 17.7 Å². The van der Waals surface area contributed by atoms with Crippen LogP contribution in [0.5, 0.6) is 0 Å². The molecule has 0 amide bonds. The van der Waals surface area contributed by atoms with E-state index in [1.165, 1.54) is 6.07 Å². The fourth-order valence-corrected chi connectivity index (χ4v) is 2.16. The van der Waals surface area contributed by atoms with Gasteiger partial charge in [-0.2, -0.15) is 0 Å². The summed E-state index contributed by atoms with van der Waals surface area (Å²) in [7, 11) is 0.198. The highest BCUT2D eigenvalue weighted by atomic mass is 32.2. The van der Waals surface area contributed by atoms with Gasteiger partial charge in [0.15, 0.2) is 0 Å². The maximum Gasteiger partial charge on any atom is 0.274 e. The molecule has 1 rings (SSSR count). The second-order valence-corrected chi connectivity index (χ2v) is 5.79. The number of hydrogen-bond acceptors (Lipinski definition) is 5. The molecular formula is C10H19N3O3S. The molecule has 3 N–H and O–H groups in total. The number of hydrogen-bond donors (Lipinski definition) is 2. The summed E-state index contributed by atoms with van der Waals surface area (Å²) in [6.45, 7) is 2.44. The van der Waals surface area contributed by atoms with Gasteiger partial charge in [-0.3, -0.25) is 0 Å². The van der Waals surface area contributed by atoms with Gasteiger partial charge in [0.1, 0.15) is 5.76 Å². The van der Waals surface area contributed by atoms with Gasteiger partial charge in [0.25, 0.3) is 10.0 Å². The fourth-order valence-electron chi connectivity index (χ4n) is 1.10. The van der Waals surface area contributed by atoms with Crippen LogP contribution in [0.3, 0.4) is 0 Å². The average molecular weight is 261 g/mol. The summed E-state index contributed by atoms with van der Waals surface area (Å²) < 4.78 is 31.2. The van der Waals surface area contributed by atoms with Crippen molar-refractivity contribution < 1.29 is 12.8 Å². The number of nitrogens with one attached hydrogen (secondary N) is 1. The summed E-state index contributed by atoms with van der Waals surface area (Å²) >= 11 is 0. The first-order chi connectivity index (χ1) is 7.86. The Morgan fingerprint density at radius 2 is 2.12 bits per heavy atom. The zero-order valence-electron chi connectivity index (χ0n) is 10.3. The molecule has 0 aliphatic carbocycles. The predicted molar refractivity (Wildman–Crippen MR) is 64.9 cm³/mol. The summed E-state index contributed by atoms with van der Waals surface area (Å²) in [5.41, 5.74) is 5.35. The molecule has 0 aliphatic heterocycles. The van der Waals surface area contributed by atoms with E-state index >= 15 is 0 Å². The first-order valence-electron chi connectivity index (χ1n) is 5.31. The first-order valence-corrected chi connectivity index (χ1v) is 6.80. The minimum absolute atomic E-state index is 0.0936. The summed E-state index contributed by atoms with van der Waals surface area (Å²) in [4.78, 5) is 1.93. The van der Waals surface area contributed by atoms with E-state index < -0.39 is 10.0 Å². The predicted octanol–water partition coefficient (Wildman–Crippen LogP) is -0.0333. The Kier molecular flexibility index (Phi) is 4.70. The van der Waals surface area contributed by atoms with Crippen molar-refractivity contribution in [2.75, 3.05) is 20.6 Å². The molecule has 7 heteroatoms. The van der Waals surface area contributed by atoms with Crippen molar-refractivity contribution in [3.8, 4) is 0 Å². The van der Waals surface area contributed by atoms with Gasteiger partial charge in [-0.25, -0.2) is 13.1 Å². The van der Waals surface area contributed by atoms with Gasteiger partial charge in [-0.15, -0.1) is 0 Å². The zero-order chi connectivity index (χ0) is 13.1. The Balaban J connectivity index is 2.69. The Morgan fingerprint density at radius 3 is 2.59 bits per heavy atom. The molecule has 1 heterocycles. The van der Waals surface area contributed by atoms with Crippen LogP contribution in [0.2, 0.25) is 0 Å². The van der Waals surface area contributed by atoms with Crippen molar-refractivity contribution in [3.05, 3.63) is 17.9 Å². The van der Waals surface area contributed by atoms with Crippen LogP contribution < -0.4 is 10.5 Å². The molecule has 0 spiro atoms. The Labute approximate surface area is 102 Å². The fraction of sp³-hybridized carbons (Fsp3) is 0.600. The van der Waals surface area contributed by atoms with Crippen molar-refractivity contribution in [2.45, 2.75) is 24.6 Å². The minimum Gasteiger partial charge on any atom is -0.447 e. The quantitative estimate of drug-likeness (QED) is 0.750. The molecule has 17 heavy (non-hydrogen) atoms. The van der Waals surface area contributed by atoms with Gasteiger partial charge in [0, 0.05) is 12.6 Å². The maximum absolute atomic E-state index is 11.8. The number of rotatable bonds is 6. The van der Waals surface area contributed by atoms with Gasteiger partial charge in [-0.1, -0.05) is 0 Å². The molecule has 0 saturated heterocycles. The van der Waals surface area contributed by atoms with E-state index in [4.69, 9.17) is 10.2 Å². The SMILES string of the molecule is CC(CNS(=O)(=O)c1ccc(CN)o1)N(C)C. The molecule has 0 aliphatic rings. The molecule has 1 unspecified atom stereocenters. The van der Waals surface area contributed by atoms with Gasteiger partial charge in [-0.05, 0) is 33.2 Å². The summed E-state index contributed by atoms with van der Waals surface area (Å²) in [5.74, 6) is 0.450. The molecule has 0 bridgehead atoms. The highest BCUT2D eigenvalue weighted by Gasteiger charge is 2.19. The van der Waals surface area contributed by atoms with Crippen molar-refractivity contribution in [3.63, 3.8) is 0 Å². The average Bonchev–Trinajstić information content (AvgIpc) is 2.75. The topological polar surface area (TPSA) is 88.6 Å². The summed E-state index contributed by atoms with van der Waals surface area (Å²) in [6, 6.07) is 3.07. The molecule has 98 valence electrons. The monoisotopic (exact) mass is 261 g/mol. The molecular weight excluding hydrogens is 242 g/mol. The lowest BCUT2D eigenvalue weighted by Crippen LogP contribution is -2.38. The number of likely N-dealkylation sites (N-methyl/N-ethyl adjacent to an activating group) is 1. The van der Waals surface area contributed by atoms with Crippen LogP contribution in [0.4, 0.5) is 0 Å². The van der Waals surface area contributed by atoms with E-state index in [1.54, 1.807) is 6.07 Å². The molecule has 0 fully saturated rings. The molecule has 1 atom stereocenters. The number of furan rings is 1. The van der Waals surface area contributed by atoms with Crippen LogP contribution in [-0.4, -0.2) is 40.0 Å². The van der Waals surface area contributed by atoms with Gasteiger partial charge >= 0.3 is 0 Å². The van der Waals surface area contributed by atoms with Crippen molar-refractivity contribution in [1.29, 1.82) is 0 Å². The number of nitrogens with zero attached hydrogens (tertiary/aromatic N) is 1. The lowest BCUT2D eigenvalue weighted by Gasteiger charge is -2.19. The van der Waals surface area contributed by atoms with Crippen LogP contribution in [0.15, 0.2) is 21.6 Å².